The van der Waals surface area contributed by atoms with Gasteiger partial charge in [-0.1, -0.05) is 18.2 Å². The van der Waals surface area contributed by atoms with E-state index in [4.69, 9.17) is 5.11 Å². The molecule has 112 valence electrons. The molecule has 0 bridgehead atoms. The normalized spacial score (nSPS) is 11.5. The lowest BCUT2D eigenvalue weighted by atomic mass is 10.1. The van der Waals surface area contributed by atoms with Gasteiger partial charge in [0.05, 0.1) is 4.90 Å². The Labute approximate surface area is 124 Å². The minimum absolute atomic E-state index is 0.132. The average Bonchev–Trinajstić information content (AvgIpc) is 2.52. The molecule has 0 spiro atoms. The Bertz CT molecular complexity index is 655. The first-order chi connectivity index (χ1) is 10.1. The molecule has 0 radical (unpaired) electrons. The van der Waals surface area contributed by atoms with Crippen molar-refractivity contribution in [1.82, 2.24) is 9.71 Å². The largest absolute Gasteiger partial charge is 0.396 e. The maximum Gasteiger partial charge on any atom is 0.240 e. The van der Waals surface area contributed by atoms with Gasteiger partial charge in [0, 0.05) is 25.5 Å². The highest BCUT2D eigenvalue weighted by Crippen LogP contribution is 2.12. The number of sulfonamides is 1. The van der Waals surface area contributed by atoms with Crippen LogP contribution in [0.5, 0.6) is 0 Å². The highest BCUT2D eigenvalue weighted by molar-refractivity contribution is 7.89. The van der Waals surface area contributed by atoms with E-state index in [9.17, 15) is 8.42 Å². The van der Waals surface area contributed by atoms with Crippen molar-refractivity contribution in [3.8, 4) is 0 Å². The molecule has 0 aliphatic carbocycles. The predicted octanol–water partition coefficient (Wildman–Crippen LogP) is 1.49. The highest BCUT2D eigenvalue weighted by atomic mass is 32.2. The van der Waals surface area contributed by atoms with Crippen molar-refractivity contribution in [1.29, 1.82) is 0 Å². The number of pyridine rings is 1. The smallest absolute Gasteiger partial charge is 0.240 e. The predicted molar refractivity (Wildman–Crippen MR) is 80.1 cm³/mol. The summed E-state index contributed by atoms with van der Waals surface area (Å²) in [5.74, 6) is 0. The van der Waals surface area contributed by atoms with Crippen molar-refractivity contribution in [2.24, 2.45) is 0 Å². The molecule has 0 aliphatic heterocycles. The Hall–Kier alpha value is -1.76. The van der Waals surface area contributed by atoms with E-state index in [-0.39, 0.29) is 18.0 Å². The van der Waals surface area contributed by atoms with Gasteiger partial charge in [-0.25, -0.2) is 13.1 Å². The molecule has 0 fully saturated rings. The van der Waals surface area contributed by atoms with E-state index in [0.717, 1.165) is 17.5 Å². The SMILES string of the molecule is O=S(=O)(NCc1cccnc1)c1ccc(CCCO)cc1. The second-order valence-electron chi connectivity index (χ2n) is 4.66. The first kappa shape index (κ1) is 15.6. The molecule has 0 atom stereocenters. The molecule has 6 heteroatoms. The summed E-state index contributed by atoms with van der Waals surface area (Å²) in [5.41, 5.74) is 1.82. The summed E-state index contributed by atoms with van der Waals surface area (Å²) in [6.45, 7) is 0.342. The number of benzene rings is 1. The van der Waals surface area contributed by atoms with Gasteiger partial charge in [0.25, 0.3) is 0 Å². The van der Waals surface area contributed by atoms with Crippen LogP contribution in [0.25, 0.3) is 0 Å². The van der Waals surface area contributed by atoms with Crippen LogP contribution < -0.4 is 4.72 Å². The summed E-state index contributed by atoms with van der Waals surface area (Å²) >= 11 is 0. The van der Waals surface area contributed by atoms with Crippen LogP contribution in [-0.2, 0) is 23.0 Å². The number of rotatable bonds is 7. The first-order valence-electron chi connectivity index (χ1n) is 6.70. The molecular weight excluding hydrogens is 288 g/mol. The van der Waals surface area contributed by atoms with E-state index < -0.39 is 10.0 Å². The van der Waals surface area contributed by atoms with E-state index in [1.807, 2.05) is 6.07 Å². The molecule has 0 saturated heterocycles. The summed E-state index contributed by atoms with van der Waals surface area (Å²) < 4.78 is 26.9. The highest BCUT2D eigenvalue weighted by Gasteiger charge is 2.13. The Morgan fingerprint density at radius 1 is 1.10 bits per heavy atom. The lowest BCUT2D eigenvalue weighted by Gasteiger charge is -2.07. The number of hydrogen-bond acceptors (Lipinski definition) is 4. The van der Waals surface area contributed by atoms with Crippen LogP contribution in [0.3, 0.4) is 0 Å². The number of hydrogen-bond donors (Lipinski definition) is 2. The fourth-order valence-electron chi connectivity index (χ4n) is 1.88. The maximum atomic E-state index is 12.2. The lowest BCUT2D eigenvalue weighted by molar-refractivity contribution is 0.288. The third-order valence-corrected chi connectivity index (χ3v) is 4.46. The van der Waals surface area contributed by atoms with Gasteiger partial charge in [-0.3, -0.25) is 4.98 Å². The van der Waals surface area contributed by atoms with Crippen molar-refractivity contribution in [3.05, 3.63) is 59.9 Å². The molecule has 2 rings (SSSR count). The van der Waals surface area contributed by atoms with Gasteiger partial charge in [-0.15, -0.1) is 0 Å². The number of nitrogens with zero attached hydrogens (tertiary/aromatic N) is 1. The Kier molecular flexibility index (Phi) is 5.44. The quantitative estimate of drug-likeness (QED) is 0.812. The minimum atomic E-state index is -3.52. The fourth-order valence-corrected chi connectivity index (χ4v) is 2.90. The molecule has 0 saturated carbocycles. The number of aromatic nitrogens is 1. The summed E-state index contributed by atoms with van der Waals surface area (Å²) in [4.78, 5) is 4.18. The molecule has 0 amide bonds. The van der Waals surface area contributed by atoms with Crippen LogP contribution in [-0.4, -0.2) is 25.1 Å². The molecule has 21 heavy (non-hydrogen) atoms. The third kappa shape index (κ3) is 4.63. The number of nitrogens with one attached hydrogen (secondary N) is 1. The van der Waals surface area contributed by atoms with Crippen molar-refractivity contribution in [2.75, 3.05) is 6.61 Å². The van der Waals surface area contributed by atoms with Crippen LogP contribution in [0.4, 0.5) is 0 Å². The monoisotopic (exact) mass is 306 g/mol. The van der Waals surface area contributed by atoms with Gasteiger partial charge in [0.1, 0.15) is 0 Å². The molecule has 5 nitrogen and oxygen atoms in total. The summed E-state index contributed by atoms with van der Waals surface area (Å²) in [7, 11) is -3.52. The van der Waals surface area contributed by atoms with E-state index in [0.29, 0.717) is 6.42 Å². The van der Waals surface area contributed by atoms with Crippen molar-refractivity contribution >= 4 is 10.0 Å². The summed E-state index contributed by atoms with van der Waals surface area (Å²) in [6, 6.07) is 10.3. The minimum Gasteiger partial charge on any atom is -0.396 e. The molecule has 2 N–H and O–H groups in total. The van der Waals surface area contributed by atoms with Gasteiger partial charge in [-0.05, 0) is 42.2 Å². The van der Waals surface area contributed by atoms with Gasteiger partial charge in [-0.2, -0.15) is 0 Å². The van der Waals surface area contributed by atoms with Crippen molar-refractivity contribution in [3.63, 3.8) is 0 Å². The van der Waals surface area contributed by atoms with E-state index in [1.54, 1.807) is 42.7 Å². The fraction of sp³-hybridized carbons (Fsp3) is 0.267. The molecule has 0 unspecified atom stereocenters. The Balaban J connectivity index is 2.02. The van der Waals surface area contributed by atoms with E-state index in [1.165, 1.54) is 0 Å². The molecule has 1 heterocycles. The molecule has 1 aromatic carbocycles. The third-order valence-electron chi connectivity index (χ3n) is 3.05. The van der Waals surface area contributed by atoms with Crippen LogP contribution >= 0.6 is 0 Å². The zero-order valence-electron chi connectivity index (χ0n) is 11.6. The Morgan fingerprint density at radius 2 is 1.86 bits per heavy atom. The number of aliphatic hydroxyl groups excluding tert-OH is 1. The zero-order valence-corrected chi connectivity index (χ0v) is 12.4. The Morgan fingerprint density at radius 3 is 2.48 bits per heavy atom. The number of aryl methyl sites for hydroxylation is 1. The van der Waals surface area contributed by atoms with Gasteiger partial charge < -0.3 is 5.11 Å². The van der Waals surface area contributed by atoms with Gasteiger partial charge in [0.2, 0.25) is 10.0 Å². The molecule has 0 aliphatic rings. The first-order valence-corrected chi connectivity index (χ1v) is 8.18. The molecule has 2 aromatic rings. The van der Waals surface area contributed by atoms with Crippen LogP contribution in [0.1, 0.15) is 17.5 Å². The second kappa shape index (κ2) is 7.31. The van der Waals surface area contributed by atoms with Gasteiger partial charge in [0.15, 0.2) is 0 Å². The maximum absolute atomic E-state index is 12.2. The second-order valence-corrected chi connectivity index (χ2v) is 6.42. The summed E-state index contributed by atoms with van der Waals surface area (Å²) in [6.07, 6.45) is 4.68. The lowest BCUT2D eigenvalue weighted by Crippen LogP contribution is -2.23. The zero-order chi connectivity index (χ0) is 15.1. The molecule has 1 aromatic heterocycles. The van der Waals surface area contributed by atoms with Gasteiger partial charge >= 0.3 is 0 Å². The topological polar surface area (TPSA) is 79.3 Å². The van der Waals surface area contributed by atoms with Crippen LogP contribution in [0.15, 0.2) is 53.7 Å². The summed E-state index contributed by atoms with van der Waals surface area (Å²) in [5, 5.41) is 8.78. The van der Waals surface area contributed by atoms with Crippen molar-refractivity contribution in [2.45, 2.75) is 24.3 Å². The average molecular weight is 306 g/mol. The number of aliphatic hydroxyl groups is 1. The standard InChI is InChI=1S/C15H18N2O3S/c18-10-2-4-13-5-7-15(8-6-13)21(19,20)17-12-14-3-1-9-16-11-14/h1,3,5-9,11,17-18H,2,4,10,12H2. The van der Waals surface area contributed by atoms with Crippen LogP contribution in [0.2, 0.25) is 0 Å². The van der Waals surface area contributed by atoms with E-state index >= 15 is 0 Å². The van der Waals surface area contributed by atoms with Crippen LogP contribution in [0, 0.1) is 0 Å². The molecular formula is C15H18N2O3S. The van der Waals surface area contributed by atoms with Crippen molar-refractivity contribution < 1.29 is 13.5 Å². The van der Waals surface area contributed by atoms with E-state index in [2.05, 4.69) is 9.71 Å².